The first kappa shape index (κ1) is 19.0. The molecule has 2 aliphatic rings. The van der Waals surface area contributed by atoms with Gasteiger partial charge in [-0.3, -0.25) is 5.32 Å². The van der Waals surface area contributed by atoms with Crippen molar-refractivity contribution >= 4 is 11.8 Å². The van der Waals surface area contributed by atoms with E-state index in [4.69, 9.17) is 4.74 Å². The second kappa shape index (κ2) is 7.43. The van der Waals surface area contributed by atoms with Crippen molar-refractivity contribution in [2.45, 2.75) is 58.7 Å². The van der Waals surface area contributed by atoms with Crippen molar-refractivity contribution in [3.05, 3.63) is 42.0 Å². The van der Waals surface area contributed by atoms with E-state index in [1.807, 2.05) is 37.3 Å². The van der Waals surface area contributed by atoms with Crippen LogP contribution in [-0.2, 0) is 4.74 Å². The van der Waals surface area contributed by atoms with E-state index < -0.39 is 11.7 Å². The van der Waals surface area contributed by atoms with E-state index >= 15 is 0 Å². The number of carbonyl (C=O) groups excluding carboxylic acids is 1. The maximum absolute atomic E-state index is 12.3. The maximum Gasteiger partial charge on any atom is 0.412 e. The van der Waals surface area contributed by atoms with Gasteiger partial charge in [0.05, 0.1) is 5.60 Å². The molecule has 0 aliphatic heterocycles. The Labute approximate surface area is 156 Å². The Morgan fingerprint density at radius 1 is 1.27 bits per heavy atom. The van der Waals surface area contributed by atoms with Gasteiger partial charge < -0.3 is 9.84 Å². The molecule has 1 fully saturated rings. The van der Waals surface area contributed by atoms with E-state index in [0.29, 0.717) is 23.9 Å². The highest BCUT2D eigenvalue weighted by atomic mass is 16.6. The van der Waals surface area contributed by atoms with Crippen molar-refractivity contribution in [2.75, 3.05) is 5.32 Å². The lowest BCUT2D eigenvalue weighted by Gasteiger charge is -2.52. The number of nitrogens with one attached hydrogen (secondary N) is 1. The number of rotatable bonds is 3. The molecule has 0 aromatic heterocycles. The molecule has 1 aromatic carbocycles. The normalized spacial score (nSPS) is 34.0. The van der Waals surface area contributed by atoms with Gasteiger partial charge in [-0.1, -0.05) is 45.0 Å². The Morgan fingerprint density at radius 2 is 1.96 bits per heavy atom. The summed E-state index contributed by atoms with van der Waals surface area (Å²) in [6, 6.07) is 9.28. The smallest absolute Gasteiger partial charge is 0.412 e. The number of hydrogen-bond donors (Lipinski definition) is 2. The molecule has 0 heterocycles. The summed E-state index contributed by atoms with van der Waals surface area (Å²) in [5.74, 6) is 1.35. The molecule has 0 bridgehead atoms. The van der Waals surface area contributed by atoms with Crippen molar-refractivity contribution in [1.82, 2.24) is 0 Å². The number of aliphatic hydroxyl groups is 1. The van der Waals surface area contributed by atoms with Gasteiger partial charge in [-0.05, 0) is 55.2 Å². The zero-order chi connectivity index (χ0) is 18.9. The average molecular weight is 357 g/mol. The fraction of sp³-hybridized carbons (Fsp3) is 0.591. The molecule has 2 aliphatic carbocycles. The third-order valence-corrected chi connectivity index (χ3v) is 6.41. The van der Waals surface area contributed by atoms with Crippen LogP contribution in [0.5, 0.6) is 0 Å². The molecule has 142 valence electrons. The van der Waals surface area contributed by atoms with Crippen molar-refractivity contribution < 1.29 is 14.6 Å². The SMILES string of the molecule is CC1=C[C@@H]2[C@H](C(C)C)CC[C@@H](C)[C@]2(O)C[C@H]1OC(=O)Nc1ccccc1. The Kier molecular flexibility index (Phi) is 5.42. The molecule has 0 spiro atoms. The second-order valence-electron chi connectivity index (χ2n) is 8.40. The Bertz CT molecular complexity index is 669. The minimum atomic E-state index is -0.801. The Balaban J connectivity index is 1.76. The first-order valence-corrected chi connectivity index (χ1v) is 9.74. The molecule has 1 amide bonds. The van der Waals surface area contributed by atoms with Crippen LogP contribution in [0.15, 0.2) is 42.0 Å². The van der Waals surface area contributed by atoms with Crippen LogP contribution >= 0.6 is 0 Å². The lowest BCUT2D eigenvalue weighted by atomic mass is 9.57. The van der Waals surface area contributed by atoms with E-state index in [0.717, 1.165) is 18.4 Å². The van der Waals surface area contributed by atoms with Gasteiger partial charge >= 0.3 is 6.09 Å². The molecule has 5 atom stereocenters. The van der Waals surface area contributed by atoms with Gasteiger partial charge in [0.1, 0.15) is 6.10 Å². The predicted molar refractivity (Wildman–Crippen MR) is 104 cm³/mol. The van der Waals surface area contributed by atoms with Gasteiger partial charge in [0.2, 0.25) is 0 Å². The number of anilines is 1. The van der Waals surface area contributed by atoms with Gasteiger partial charge in [0, 0.05) is 18.0 Å². The quantitative estimate of drug-likeness (QED) is 0.748. The summed E-state index contributed by atoms with van der Waals surface area (Å²) in [6.07, 6.45) is 3.96. The highest BCUT2D eigenvalue weighted by molar-refractivity contribution is 5.84. The van der Waals surface area contributed by atoms with E-state index in [-0.39, 0.29) is 17.9 Å². The molecule has 1 aromatic rings. The molecular formula is C22H31NO3. The zero-order valence-corrected chi connectivity index (χ0v) is 16.2. The fourth-order valence-electron chi connectivity index (χ4n) is 4.71. The molecule has 2 N–H and O–H groups in total. The molecular weight excluding hydrogens is 326 g/mol. The van der Waals surface area contributed by atoms with E-state index in [1.165, 1.54) is 0 Å². The molecule has 0 radical (unpaired) electrons. The predicted octanol–water partition coefficient (Wildman–Crippen LogP) is 5.00. The maximum atomic E-state index is 12.3. The summed E-state index contributed by atoms with van der Waals surface area (Å²) < 4.78 is 5.69. The van der Waals surface area contributed by atoms with E-state index in [9.17, 15) is 9.90 Å². The standard InChI is InChI=1S/C22H31NO3/c1-14(2)18-11-10-16(4)22(25)13-20(15(3)12-19(18)22)26-21(24)23-17-8-6-5-7-9-17/h5-9,12,14,16,18-20,25H,10-11,13H2,1-4H3,(H,23,24)/t16-,18+,19-,20-,22-/m1/s1. The van der Waals surface area contributed by atoms with Crippen molar-refractivity contribution in [3.8, 4) is 0 Å². The van der Waals surface area contributed by atoms with Crippen molar-refractivity contribution in [3.63, 3.8) is 0 Å². The van der Waals surface area contributed by atoms with Crippen LogP contribution in [0.3, 0.4) is 0 Å². The monoisotopic (exact) mass is 357 g/mol. The van der Waals surface area contributed by atoms with Crippen LogP contribution in [0.4, 0.5) is 10.5 Å². The van der Waals surface area contributed by atoms with Gasteiger partial charge in [-0.15, -0.1) is 0 Å². The Hall–Kier alpha value is -1.81. The highest BCUT2D eigenvalue weighted by Gasteiger charge is 2.52. The van der Waals surface area contributed by atoms with E-state index in [1.54, 1.807) is 0 Å². The number of fused-ring (bicyclic) bond motifs is 1. The molecule has 0 unspecified atom stereocenters. The Morgan fingerprint density at radius 3 is 2.62 bits per heavy atom. The first-order valence-electron chi connectivity index (χ1n) is 9.74. The first-order chi connectivity index (χ1) is 12.3. The van der Waals surface area contributed by atoms with Crippen LogP contribution in [0, 0.1) is 23.7 Å². The van der Waals surface area contributed by atoms with Gasteiger partial charge in [0.15, 0.2) is 0 Å². The van der Waals surface area contributed by atoms with Crippen LogP contribution in [0.25, 0.3) is 0 Å². The number of carbonyl (C=O) groups is 1. The molecule has 1 saturated carbocycles. The summed E-state index contributed by atoms with van der Waals surface area (Å²) in [4.78, 5) is 12.3. The number of para-hydroxylation sites is 1. The lowest BCUT2D eigenvalue weighted by molar-refractivity contribution is -0.128. The molecule has 26 heavy (non-hydrogen) atoms. The number of amides is 1. The fourth-order valence-corrected chi connectivity index (χ4v) is 4.71. The number of benzene rings is 1. The third-order valence-electron chi connectivity index (χ3n) is 6.41. The minimum absolute atomic E-state index is 0.142. The minimum Gasteiger partial charge on any atom is -0.441 e. The summed E-state index contributed by atoms with van der Waals surface area (Å²) in [5.41, 5.74) is 0.949. The average Bonchev–Trinajstić information content (AvgIpc) is 2.58. The second-order valence-corrected chi connectivity index (χ2v) is 8.40. The van der Waals surface area contributed by atoms with Crippen molar-refractivity contribution in [2.24, 2.45) is 23.7 Å². The largest absolute Gasteiger partial charge is 0.441 e. The number of hydrogen-bond acceptors (Lipinski definition) is 3. The molecule has 4 nitrogen and oxygen atoms in total. The van der Waals surface area contributed by atoms with Crippen LogP contribution in [0.2, 0.25) is 0 Å². The van der Waals surface area contributed by atoms with Crippen LogP contribution in [0.1, 0.15) is 47.0 Å². The molecule has 0 saturated heterocycles. The van der Waals surface area contributed by atoms with Crippen molar-refractivity contribution in [1.29, 1.82) is 0 Å². The van der Waals surface area contributed by atoms with Gasteiger partial charge in [-0.2, -0.15) is 0 Å². The summed E-state index contributed by atoms with van der Waals surface area (Å²) in [5, 5.41) is 14.3. The summed E-state index contributed by atoms with van der Waals surface area (Å²) in [6.45, 7) is 8.61. The van der Waals surface area contributed by atoms with Gasteiger partial charge in [0.25, 0.3) is 0 Å². The molecule has 3 rings (SSSR count). The highest BCUT2D eigenvalue weighted by Crippen LogP contribution is 2.51. The van der Waals surface area contributed by atoms with Gasteiger partial charge in [-0.25, -0.2) is 4.79 Å². The zero-order valence-electron chi connectivity index (χ0n) is 16.2. The summed E-state index contributed by atoms with van der Waals surface area (Å²) in [7, 11) is 0. The molecule has 4 heteroatoms. The number of ether oxygens (including phenoxy) is 1. The lowest BCUT2D eigenvalue weighted by Crippen LogP contribution is -2.55. The van der Waals surface area contributed by atoms with E-state index in [2.05, 4.69) is 32.2 Å². The van der Waals surface area contributed by atoms with Crippen LogP contribution in [-0.4, -0.2) is 22.9 Å². The summed E-state index contributed by atoms with van der Waals surface area (Å²) >= 11 is 0. The topological polar surface area (TPSA) is 58.6 Å². The third kappa shape index (κ3) is 3.66. The van der Waals surface area contributed by atoms with Crippen LogP contribution < -0.4 is 5.32 Å².